The molecule has 1 saturated heterocycles. The molecule has 0 aromatic heterocycles. The monoisotopic (exact) mass is 1280 g/mol. The molecule has 15 aliphatic carbocycles. The molecule has 16 fully saturated rings. The number of esters is 7. The average Bonchev–Trinajstić information content (AvgIpc) is 1.62. The van der Waals surface area contributed by atoms with E-state index < -0.39 is 87.9 Å². The molecule has 91 heavy (non-hydrogen) atoms. The van der Waals surface area contributed by atoms with E-state index in [1.807, 2.05) is 55.4 Å². The normalized spacial score (nSPS) is 40.3. The maximum Gasteiger partial charge on any atom is 0.344 e. The van der Waals surface area contributed by atoms with Gasteiger partial charge in [-0.2, -0.15) is 0 Å². The molecule has 1 heterocycles. The molecule has 514 valence electrons. The molecule has 1 aliphatic heterocycles. The van der Waals surface area contributed by atoms with Crippen LogP contribution in [0.25, 0.3) is 0 Å². The van der Waals surface area contributed by atoms with Crippen molar-refractivity contribution in [1.29, 1.82) is 0 Å². The zero-order valence-electron chi connectivity index (χ0n) is 58.1. The van der Waals surface area contributed by atoms with Crippen molar-refractivity contribution in [1.82, 2.24) is 0 Å². The minimum absolute atomic E-state index is 0.0185. The molecule has 0 aromatic carbocycles. The summed E-state index contributed by atoms with van der Waals surface area (Å²) < 4.78 is 45.7. The van der Waals surface area contributed by atoms with Gasteiger partial charge in [-0.3, -0.25) is 28.8 Å². The van der Waals surface area contributed by atoms with Crippen molar-refractivity contribution in [3.63, 3.8) is 0 Å². The average molecular weight is 1280 g/mol. The van der Waals surface area contributed by atoms with Gasteiger partial charge in [0.15, 0.2) is 18.3 Å². The first kappa shape index (κ1) is 70.0. The topological polar surface area (TPSA) is 234 Å². The number of hydrogen-bond acceptors (Lipinski definition) is 17. The van der Waals surface area contributed by atoms with Gasteiger partial charge in [-0.1, -0.05) is 47.0 Å². The van der Waals surface area contributed by atoms with Gasteiger partial charge in [-0.05, 0) is 258 Å². The van der Waals surface area contributed by atoms with Gasteiger partial charge < -0.3 is 48.1 Å². The Morgan fingerprint density at radius 1 is 0.549 bits per heavy atom. The summed E-state index contributed by atoms with van der Waals surface area (Å²) in [6.07, 6.45) is 24.9. The molecule has 15 saturated carbocycles. The number of hydrogen-bond donors (Lipinski definition) is 2. The molecular weight excluding hydrogens is 1160 g/mol. The van der Waals surface area contributed by atoms with Crippen molar-refractivity contribution in [3.05, 3.63) is 0 Å². The van der Waals surface area contributed by atoms with E-state index in [-0.39, 0.29) is 64.3 Å². The molecule has 17 heteroatoms. The number of carbonyl (C=O) groups is 7. The minimum Gasteiger partial charge on any atom is -0.459 e. The van der Waals surface area contributed by atoms with E-state index in [1.54, 1.807) is 20.8 Å². The fraction of sp³-hybridized carbons (Fsp3) is 0.905. The number of ether oxygens (including phenoxy) is 8. The summed E-state index contributed by atoms with van der Waals surface area (Å²) in [5.74, 6) is 2.76. The van der Waals surface area contributed by atoms with Crippen molar-refractivity contribution in [3.8, 4) is 0 Å². The zero-order chi connectivity index (χ0) is 66.3. The van der Waals surface area contributed by atoms with Crippen LogP contribution < -0.4 is 0 Å². The summed E-state index contributed by atoms with van der Waals surface area (Å²) in [6, 6.07) is 0. The number of aliphatic hydroxyl groups is 2. The van der Waals surface area contributed by atoms with Crippen molar-refractivity contribution in [2.75, 3.05) is 6.61 Å². The minimum atomic E-state index is -1.36. The van der Waals surface area contributed by atoms with Crippen molar-refractivity contribution in [2.24, 2.45) is 86.3 Å². The summed E-state index contributed by atoms with van der Waals surface area (Å²) in [5, 5.41) is 21.3. The van der Waals surface area contributed by atoms with Crippen LogP contribution in [0.2, 0.25) is 0 Å². The van der Waals surface area contributed by atoms with Gasteiger partial charge >= 0.3 is 41.8 Å². The lowest BCUT2D eigenvalue weighted by atomic mass is 9.50. The molecule has 8 atom stereocenters. The Kier molecular flexibility index (Phi) is 19.7. The van der Waals surface area contributed by atoms with Gasteiger partial charge in [0, 0.05) is 31.1 Å². The Hall–Kier alpha value is -3.83. The first-order valence-electron chi connectivity index (χ1n) is 36.0. The van der Waals surface area contributed by atoms with Gasteiger partial charge in [-0.25, -0.2) is 4.79 Å². The van der Waals surface area contributed by atoms with Crippen LogP contribution in [-0.4, -0.2) is 111 Å². The molecular formula is C74H116O17. The smallest absolute Gasteiger partial charge is 0.344 e. The first-order chi connectivity index (χ1) is 42.4. The van der Waals surface area contributed by atoms with Crippen LogP contribution in [0.15, 0.2) is 0 Å². The molecule has 16 rings (SSSR count). The van der Waals surface area contributed by atoms with Crippen LogP contribution in [0.4, 0.5) is 0 Å². The number of rotatable bonds is 18. The van der Waals surface area contributed by atoms with Crippen LogP contribution >= 0.6 is 0 Å². The fourth-order valence-electron chi connectivity index (χ4n) is 20.1. The zero-order valence-corrected chi connectivity index (χ0v) is 58.1. The maximum absolute atomic E-state index is 13.1. The van der Waals surface area contributed by atoms with Crippen LogP contribution in [-0.2, 0) is 71.5 Å². The highest BCUT2D eigenvalue weighted by atomic mass is 16.7. The third kappa shape index (κ3) is 14.2. The molecule has 0 spiro atoms. The van der Waals surface area contributed by atoms with Crippen molar-refractivity contribution in [2.45, 2.75) is 329 Å². The van der Waals surface area contributed by atoms with E-state index in [0.29, 0.717) is 43.9 Å². The molecule has 0 radical (unpaired) electrons. The standard InChI is InChI=1S/C25H36O9.C17H28O2.C16H26O4.C16H26O2/c1-5-24(3,4)21(27)30-13-18(26)33-19-15-11-17-20(19)34-23(29)25(17,12-15)22(28)32-14(2)31-16-9-7-6-8-10-16;1-5-16(2,3)15(18)19-17(4)13-7-11-6-12(9-13)10-14(17)8-11;1-4-13(2,3)12(17)20-16-7-11-5-14(18,9-16)8-15(19,6-11)10-16;1-4-15(2,3)14(17)18-16-8-11-5-12(9-16)7-13(6-11)10-16/h14-17,19-20H,5-13H2,1-4H3;11-14H,5-10H2,1-4H3;11,18-19H,4-10H2,1-3H3;11-13H,4-10H2,1-3H3. The molecule has 16 aliphatic rings. The molecule has 2 N–H and O–H groups in total. The van der Waals surface area contributed by atoms with Gasteiger partial charge in [0.1, 0.15) is 29.0 Å². The molecule has 0 aromatic rings. The summed E-state index contributed by atoms with van der Waals surface area (Å²) in [6.45, 7) is 26.7. The SMILES string of the molecule is CCC(C)(C)C(=O)OC1(C)C2CC3CC(C2)CC1C3.CCC(C)(C)C(=O)OC12CC3CC(CC(C3)C1)C2.CCC(C)(C)C(=O)OC12CC3CC(O)(CC(O)(C3)C1)C2.CCC(C)(C)C(=O)OCC(=O)OC1C2CC3C1OC(=O)C3(C(=O)OC(C)OC1CCCCC1)C2. The Morgan fingerprint density at radius 3 is 1.48 bits per heavy atom. The summed E-state index contributed by atoms with van der Waals surface area (Å²) in [5.41, 5.74) is -5.78. The Balaban J connectivity index is 0.000000139. The van der Waals surface area contributed by atoms with E-state index >= 15 is 0 Å². The van der Waals surface area contributed by atoms with Crippen LogP contribution in [0.5, 0.6) is 0 Å². The highest BCUT2D eigenvalue weighted by Gasteiger charge is 2.76. The second-order valence-corrected chi connectivity index (χ2v) is 34.9. The quantitative estimate of drug-likeness (QED) is 0.0562. The van der Waals surface area contributed by atoms with Crippen LogP contribution in [0.1, 0.15) is 277 Å². The van der Waals surface area contributed by atoms with E-state index in [0.717, 1.165) is 113 Å². The molecule has 17 nitrogen and oxygen atoms in total. The summed E-state index contributed by atoms with van der Waals surface area (Å²) >= 11 is 0. The molecule has 8 unspecified atom stereocenters. The van der Waals surface area contributed by atoms with E-state index in [1.165, 1.54) is 57.8 Å². The third-order valence-corrected chi connectivity index (χ3v) is 26.1. The predicted molar refractivity (Wildman–Crippen MR) is 338 cm³/mol. The number of fused-ring (bicyclic) bond motifs is 1. The Morgan fingerprint density at radius 2 is 1.00 bits per heavy atom. The van der Waals surface area contributed by atoms with Crippen molar-refractivity contribution >= 4 is 41.8 Å². The van der Waals surface area contributed by atoms with Gasteiger partial charge in [0.2, 0.25) is 0 Å². The molecule has 0 amide bonds. The second kappa shape index (κ2) is 25.6. The maximum atomic E-state index is 13.1. The predicted octanol–water partition coefficient (Wildman–Crippen LogP) is 13.3. The lowest BCUT2D eigenvalue weighted by molar-refractivity contribution is -0.264. The summed E-state index contributed by atoms with van der Waals surface area (Å²) in [4.78, 5) is 87.7. The lowest BCUT2D eigenvalue weighted by Gasteiger charge is -2.62. The lowest BCUT2D eigenvalue weighted by Crippen LogP contribution is -2.67. The first-order valence-corrected chi connectivity index (χ1v) is 36.0. The van der Waals surface area contributed by atoms with E-state index in [9.17, 15) is 43.8 Å². The fourth-order valence-corrected chi connectivity index (χ4v) is 20.1. The third-order valence-electron chi connectivity index (χ3n) is 26.1. The van der Waals surface area contributed by atoms with Gasteiger partial charge in [-0.15, -0.1) is 0 Å². The van der Waals surface area contributed by atoms with E-state index in [4.69, 9.17) is 37.9 Å². The van der Waals surface area contributed by atoms with Crippen molar-refractivity contribution < 1.29 is 81.7 Å². The van der Waals surface area contributed by atoms with Crippen LogP contribution in [0.3, 0.4) is 0 Å². The number of carbonyl (C=O) groups excluding carboxylic acids is 7. The largest absolute Gasteiger partial charge is 0.459 e. The van der Waals surface area contributed by atoms with Gasteiger partial charge in [0.05, 0.1) is 39.0 Å². The van der Waals surface area contributed by atoms with Gasteiger partial charge in [0.25, 0.3) is 0 Å². The van der Waals surface area contributed by atoms with Crippen LogP contribution in [0, 0.1) is 86.3 Å². The summed E-state index contributed by atoms with van der Waals surface area (Å²) in [7, 11) is 0. The Bertz CT molecular complexity index is 2630. The Labute approximate surface area is 543 Å². The second-order valence-electron chi connectivity index (χ2n) is 34.9. The van der Waals surface area contributed by atoms with E-state index in [2.05, 4.69) is 20.8 Å². The highest BCUT2D eigenvalue weighted by molar-refractivity contribution is 6.03. The molecule has 14 bridgehead atoms. The highest BCUT2D eigenvalue weighted by Crippen LogP contribution is 2.65.